The van der Waals surface area contributed by atoms with Crippen molar-refractivity contribution in [3.8, 4) is 11.5 Å². The number of aromatic hydroxyl groups is 1. The lowest BCUT2D eigenvalue weighted by Crippen LogP contribution is -2.20. The highest BCUT2D eigenvalue weighted by atomic mass is 16.5. The predicted molar refractivity (Wildman–Crippen MR) is 119 cm³/mol. The van der Waals surface area contributed by atoms with Crippen molar-refractivity contribution < 1.29 is 14.8 Å². The topological polar surface area (TPSA) is 68.5 Å². The predicted octanol–water partition coefficient (Wildman–Crippen LogP) is 4.83. The molecule has 0 radical (unpaired) electrons. The highest BCUT2D eigenvalue weighted by molar-refractivity contribution is 5.86. The normalized spacial score (nSPS) is 11.8. The Morgan fingerprint density at radius 3 is 2.83 bits per heavy atom. The number of H-pyrrole nitrogens is 1. The standard InChI is InChI=1S/C25H23N3O2/c1-3-15-30-20-10-5-8-19(16-20)23(28-22-11-4-7-17(2)27-22)21-13-12-18-9-6-14-26-24(18)25(21)29/h3-14,16,23,29H,1,15H2,2H3,(H,27,28)/p+1/t23-/m0/s1. The highest BCUT2D eigenvalue weighted by Gasteiger charge is 2.24. The van der Waals surface area contributed by atoms with Crippen LogP contribution in [0.3, 0.4) is 0 Å². The maximum atomic E-state index is 11.1. The summed E-state index contributed by atoms with van der Waals surface area (Å²) < 4.78 is 5.72. The molecule has 5 nitrogen and oxygen atoms in total. The molecule has 0 saturated carbocycles. The van der Waals surface area contributed by atoms with Crippen LogP contribution in [0.4, 0.5) is 5.82 Å². The van der Waals surface area contributed by atoms with E-state index < -0.39 is 0 Å². The molecule has 4 rings (SSSR count). The summed E-state index contributed by atoms with van der Waals surface area (Å²) in [5, 5.41) is 15.5. The van der Waals surface area contributed by atoms with Crippen molar-refractivity contribution in [2.45, 2.75) is 13.0 Å². The van der Waals surface area contributed by atoms with Crippen LogP contribution in [-0.2, 0) is 0 Å². The molecule has 0 saturated heterocycles. The third-order valence-corrected chi connectivity index (χ3v) is 4.89. The number of anilines is 1. The summed E-state index contributed by atoms with van der Waals surface area (Å²) in [6.45, 7) is 6.13. The number of pyridine rings is 2. The van der Waals surface area contributed by atoms with E-state index in [2.05, 4.69) is 21.9 Å². The van der Waals surface area contributed by atoms with Gasteiger partial charge in [0.1, 0.15) is 29.7 Å². The number of aromatic amines is 1. The number of hydrogen-bond donors (Lipinski definition) is 2. The highest BCUT2D eigenvalue weighted by Crippen LogP contribution is 2.36. The first-order chi connectivity index (χ1) is 14.7. The van der Waals surface area contributed by atoms with Gasteiger partial charge in [0.2, 0.25) is 0 Å². The molecule has 3 N–H and O–H groups in total. The summed E-state index contributed by atoms with van der Waals surface area (Å²) in [4.78, 5) is 7.71. The molecule has 0 bridgehead atoms. The fourth-order valence-corrected chi connectivity index (χ4v) is 3.48. The van der Waals surface area contributed by atoms with Crippen LogP contribution in [0.15, 0.2) is 85.6 Å². The number of nitrogens with one attached hydrogen (secondary N) is 2. The summed E-state index contributed by atoms with van der Waals surface area (Å²) in [6.07, 6.45) is 3.40. The number of nitrogens with zero attached hydrogens (tertiary/aromatic N) is 1. The first-order valence-corrected chi connectivity index (χ1v) is 9.81. The number of phenols is 1. The average molecular weight is 398 g/mol. The number of phenolic OH excluding ortho intramolecular Hbond substituents is 1. The quantitative estimate of drug-likeness (QED) is 0.438. The molecule has 5 heteroatoms. The number of ether oxygens (including phenoxy) is 1. The van der Waals surface area contributed by atoms with E-state index in [0.29, 0.717) is 12.1 Å². The second-order valence-corrected chi connectivity index (χ2v) is 7.08. The van der Waals surface area contributed by atoms with Gasteiger partial charge >= 0.3 is 0 Å². The monoisotopic (exact) mass is 398 g/mol. The third kappa shape index (κ3) is 4.10. The second kappa shape index (κ2) is 8.66. The van der Waals surface area contributed by atoms with Gasteiger partial charge in [0.15, 0.2) is 0 Å². The van der Waals surface area contributed by atoms with Crippen LogP contribution >= 0.6 is 0 Å². The van der Waals surface area contributed by atoms with Crippen molar-refractivity contribution in [1.82, 2.24) is 4.98 Å². The van der Waals surface area contributed by atoms with E-state index in [1.807, 2.05) is 73.7 Å². The number of fused-ring (bicyclic) bond motifs is 1. The number of hydrogen-bond acceptors (Lipinski definition) is 4. The Morgan fingerprint density at radius 1 is 1.13 bits per heavy atom. The van der Waals surface area contributed by atoms with E-state index in [0.717, 1.165) is 33.8 Å². The fourth-order valence-electron chi connectivity index (χ4n) is 3.48. The van der Waals surface area contributed by atoms with Gasteiger partial charge in [-0.2, -0.15) is 0 Å². The third-order valence-electron chi connectivity index (χ3n) is 4.89. The molecule has 2 aromatic heterocycles. The molecule has 0 fully saturated rings. The lowest BCUT2D eigenvalue weighted by molar-refractivity contribution is -0.371. The zero-order chi connectivity index (χ0) is 20.9. The molecule has 30 heavy (non-hydrogen) atoms. The Balaban J connectivity index is 1.82. The van der Waals surface area contributed by atoms with Gasteiger partial charge < -0.3 is 9.84 Å². The van der Waals surface area contributed by atoms with Crippen LogP contribution in [0, 0.1) is 6.92 Å². The zero-order valence-electron chi connectivity index (χ0n) is 16.8. The van der Waals surface area contributed by atoms with E-state index in [1.54, 1.807) is 12.3 Å². The van der Waals surface area contributed by atoms with Crippen molar-refractivity contribution in [1.29, 1.82) is 0 Å². The zero-order valence-corrected chi connectivity index (χ0v) is 16.8. The van der Waals surface area contributed by atoms with E-state index in [9.17, 15) is 5.11 Å². The van der Waals surface area contributed by atoms with Crippen molar-refractivity contribution in [3.05, 3.63) is 102 Å². The molecule has 150 valence electrons. The molecular weight excluding hydrogens is 374 g/mol. The number of aromatic nitrogens is 2. The molecular formula is C25H24N3O2+. The fraction of sp³-hybridized carbons (Fsp3) is 0.120. The number of rotatable bonds is 7. The van der Waals surface area contributed by atoms with Gasteiger partial charge in [0, 0.05) is 28.8 Å². The van der Waals surface area contributed by atoms with Crippen molar-refractivity contribution in [2.75, 3.05) is 11.9 Å². The summed E-state index contributed by atoms with van der Waals surface area (Å²) in [5.41, 5.74) is 3.30. The Morgan fingerprint density at radius 2 is 2.00 bits per heavy atom. The van der Waals surface area contributed by atoms with Crippen LogP contribution in [0.1, 0.15) is 22.9 Å². The molecule has 0 amide bonds. The first kappa shape index (κ1) is 19.5. The molecule has 0 aliphatic heterocycles. The first-order valence-electron chi connectivity index (χ1n) is 9.81. The van der Waals surface area contributed by atoms with Gasteiger partial charge in [-0.3, -0.25) is 10.3 Å². The van der Waals surface area contributed by atoms with Gasteiger partial charge in [0.25, 0.3) is 5.82 Å². The molecule has 2 aromatic carbocycles. The van der Waals surface area contributed by atoms with E-state index >= 15 is 0 Å². The molecule has 4 aromatic rings. The van der Waals surface area contributed by atoms with Crippen molar-refractivity contribution >= 4 is 16.7 Å². The number of benzene rings is 2. The lowest BCUT2D eigenvalue weighted by atomic mass is 9.96. The van der Waals surface area contributed by atoms with Gasteiger partial charge in [0.05, 0.1) is 5.69 Å². The van der Waals surface area contributed by atoms with Gasteiger partial charge in [-0.15, -0.1) is 0 Å². The largest absolute Gasteiger partial charge is 0.505 e. The molecule has 2 heterocycles. The summed E-state index contributed by atoms with van der Waals surface area (Å²) in [5.74, 6) is 1.75. The average Bonchev–Trinajstić information content (AvgIpc) is 2.77. The van der Waals surface area contributed by atoms with Crippen LogP contribution in [0.5, 0.6) is 11.5 Å². The van der Waals surface area contributed by atoms with Crippen LogP contribution in [-0.4, -0.2) is 16.7 Å². The smallest absolute Gasteiger partial charge is 0.273 e. The Kier molecular flexibility index (Phi) is 5.61. The molecule has 0 unspecified atom stereocenters. The molecule has 0 spiro atoms. The van der Waals surface area contributed by atoms with E-state index in [4.69, 9.17) is 4.74 Å². The van der Waals surface area contributed by atoms with Crippen LogP contribution in [0.2, 0.25) is 0 Å². The Hall–Kier alpha value is -3.86. The van der Waals surface area contributed by atoms with Crippen LogP contribution in [0.25, 0.3) is 10.9 Å². The Bertz CT molecular complexity index is 1190. The van der Waals surface area contributed by atoms with Gasteiger partial charge in [-0.05, 0) is 37.3 Å². The van der Waals surface area contributed by atoms with Gasteiger partial charge in [-0.25, -0.2) is 4.98 Å². The van der Waals surface area contributed by atoms with Crippen molar-refractivity contribution in [2.24, 2.45) is 0 Å². The minimum atomic E-state index is -0.318. The summed E-state index contributed by atoms with van der Waals surface area (Å²) in [6, 6.07) is 21.2. The molecule has 0 aliphatic rings. The van der Waals surface area contributed by atoms with Crippen LogP contribution < -0.4 is 15.0 Å². The summed E-state index contributed by atoms with van der Waals surface area (Å²) in [7, 11) is 0. The Labute approximate surface area is 175 Å². The minimum absolute atomic E-state index is 0.163. The molecule has 1 atom stereocenters. The van der Waals surface area contributed by atoms with E-state index in [-0.39, 0.29) is 11.8 Å². The number of aryl methyl sites for hydroxylation is 1. The molecule has 0 aliphatic carbocycles. The SMILES string of the molecule is C=CCOc1cccc([C@H](Nc2cccc(C)[nH+]2)c2ccc3cccnc3c2O)c1. The van der Waals surface area contributed by atoms with Gasteiger partial charge in [-0.1, -0.05) is 43.0 Å². The lowest BCUT2D eigenvalue weighted by Gasteiger charge is -2.18. The van der Waals surface area contributed by atoms with E-state index in [1.165, 1.54) is 0 Å². The maximum absolute atomic E-state index is 11.1. The second-order valence-electron chi connectivity index (χ2n) is 7.08. The maximum Gasteiger partial charge on any atom is 0.273 e. The minimum Gasteiger partial charge on any atom is -0.505 e. The summed E-state index contributed by atoms with van der Waals surface area (Å²) >= 11 is 0. The van der Waals surface area contributed by atoms with Crippen molar-refractivity contribution in [3.63, 3.8) is 0 Å².